The average molecular weight is 147 g/mol. The van der Waals surface area contributed by atoms with Gasteiger partial charge in [0.1, 0.15) is 0 Å². The van der Waals surface area contributed by atoms with Gasteiger partial charge in [-0.3, -0.25) is 0 Å². The normalized spacial score (nSPS) is 26.7. The number of hydrogen-bond acceptors (Lipinski definition) is 2. The molecular formula is C7H14FNO. The van der Waals surface area contributed by atoms with Crippen LogP contribution in [0.5, 0.6) is 0 Å². The van der Waals surface area contributed by atoms with Crippen LogP contribution in [0.3, 0.4) is 0 Å². The van der Waals surface area contributed by atoms with Gasteiger partial charge < -0.3 is 9.64 Å². The summed E-state index contributed by atoms with van der Waals surface area (Å²) in [5.74, 6) is -1.34. The van der Waals surface area contributed by atoms with Crippen LogP contribution in [0, 0.1) is 0 Å². The quantitative estimate of drug-likeness (QED) is 0.549. The van der Waals surface area contributed by atoms with Crippen molar-refractivity contribution in [2.24, 2.45) is 0 Å². The van der Waals surface area contributed by atoms with Crippen molar-refractivity contribution in [2.45, 2.75) is 18.7 Å². The van der Waals surface area contributed by atoms with Crippen molar-refractivity contribution in [2.75, 3.05) is 27.2 Å². The molecule has 0 spiro atoms. The fraction of sp³-hybridized carbons (Fsp3) is 1.00. The van der Waals surface area contributed by atoms with Crippen LogP contribution < -0.4 is 0 Å². The van der Waals surface area contributed by atoms with Crippen LogP contribution in [0.4, 0.5) is 4.39 Å². The lowest BCUT2D eigenvalue weighted by molar-refractivity contribution is -0.151. The van der Waals surface area contributed by atoms with Crippen LogP contribution in [0.2, 0.25) is 0 Å². The second-order valence-electron chi connectivity index (χ2n) is 2.89. The van der Waals surface area contributed by atoms with Crippen molar-refractivity contribution < 1.29 is 9.13 Å². The molecule has 1 aliphatic rings. The molecular weight excluding hydrogens is 133 g/mol. The molecule has 0 aromatic heterocycles. The molecule has 1 fully saturated rings. The molecule has 0 aromatic carbocycles. The lowest BCUT2D eigenvalue weighted by atomic mass is 10.1. The number of nitrogens with zero attached hydrogens (tertiary/aromatic N) is 1. The molecule has 0 aliphatic carbocycles. The number of ether oxygens (including phenoxy) is 1. The molecule has 0 unspecified atom stereocenters. The van der Waals surface area contributed by atoms with E-state index in [4.69, 9.17) is 4.74 Å². The Hall–Kier alpha value is -0.150. The highest BCUT2D eigenvalue weighted by Gasteiger charge is 2.32. The highest BCUT2D eigenvalue weighted by atomic mass is 19.2. The molecule has 60 valence electrons. The van der Waals surface area contributed by atoms with E-state index in [0.29, 0.717) is 12.8 Å². The average Bonchev–Trinajstić information content (AvgIpc) is 1.96. The third-order valence-corrected chi connectivity index (χ3v) is 2.10. The Morgan fingerprint density at radius 2 is 1.90 bits per heavy atom. The van der Waals surface area contributed by atoms with Crippen molar-refractivity contribution in [3.8, 4) is 0 Å². The Kier molecular flexibility index (Phi) is 2.26. The molecule has 0 radical (unpaired) electrons. The smallest absolute Gasteiger partial charge is 0.211 e. The van der Waals surface area contributed by atoms with Crippen molar-refractivity contribution in [3.05, 3.63) is 0 Å². The van der Waals surface area contributed by atoms with Crippen LogP contribution in [-0.4, -0.2) is 38.0 Å². The summed E-state index contributed by atoms with van der Waals surface area (Å²) in [4.78, 5) is 2.11. The zero-order chi connectivity index (χ0) is 7.61. The van der Waals surface area contributed by atoms with Crippen LogP contribution >= 0.6 is 0 Å². The highest BCUT2D eigenvalue weighted by Crippen LogP contribution is 2.25. The van der Waals surface area contributed by atoms with Gasteiger partial charge in [-0.2, -0.15) is 0 Å². The standard InChI is InChI=1S/C7H14FNO/c1-9-5-3-7(8,10-2)4-6-9/h3-6H2,1-2H3. The number of piperidine rings is 1. The summed E-state index contributed by atoms with van der Waals surface area (Å²) < 4.78 is 18.0. The van der Waals surface area contributed by atoms with E-state index in [1.54, 1.807) is 0 Å². The predicted molar refractivity (Wildman–Crippen MR) is 37.6 cm³/mol. The SMILES string of the molecule is COC1(F)CCN(C)CC1. The van der Waals surface area contributed by atoms with Crippen LogP contribution in [0.1, 0.15) is 12.8 Å². The number of likely N-dealkylation sites (tertiary alicyclic amines) is 1. The van der Waals surface area contributed by atoms with Gasteiger partial charge in [-0.1, -0.05) is 0 Å². The summed E-state index contributed by atoms with van der Waals surface area (Å²) in [6.07, 6.45) is 1.00. The van der Waals surface area contributed by atoms with Crippen molar-refractivity contribution >= 4 is 0 Å². The third kappa shape index (κ3) is 1.67. The maximum Gasteiger partial charge on any atom is 0.211 e. The lowest BCUT2D eigenvalue weighted by Crippen LogP contribution is -2.40. The summed E-state index contributed by atoms with van der Waals surface area (Å²) in [5, 5.41) is 0. The van der Waals surface area contributed by atoms with Crippen molar-refractivity contribution in [3.63, 3.8) is 0 Å². The summed E-state index contributed by atoms with van der Waals surface area (Å²) in [6.45, 7) is 1.59. The van der Waals surface area contributed by atoms with E-state index in [-0.39, 0.29) is 0 Å². The fourth-order valence-electron chi connectivity index (χ4n) is 1.16. The summed E-state index contributed by atoms with van der Waals surface area (Å²) >= 11 is 0. The molecule has 0 aromatic rings. The van der Waals surface area contributed by atoms with E-state index in [9.17, 15) is 4.39 Å². The minimum Gasteiger partial charge on any atom is -0.349 e. The molecule has 0 N–H and O–H groups in total. The van der Waals surface area contributed by atoms with E-state index in [0.717, 1.165) is 13.1 Å². The molecule has 0 bridgehead atoms. The van der Waals surface area contributed by atoms with Gasteiger partial charge in [0.15, 0.2) is 0 Å². The molecule has 2 nitrogen and oxygen atoms in total. The Morgan fingerprint density at radius 1 is 1.40 bits per heavy atom. The minimum atomic E-state index is -1.34. The van der Waals surface area contributed by atoms with E-state index < -0.39 is 5.85 Å². The molecule has 1 saturated heterocycles. The molecule has 3 heteroatoms. The molecule has 0 atom stereocenters. The third-order valence-electron chi connectivity index (χ3n) is 2.10. The first kappa shape index (κ1) is 7.95. The fourth-order valence-corrected chi connectivity index (χ4v) is 1.16. The number of alkyl halides is 1. The summed E-state index contributed by atoms with van der Waals surface area (Å²) in [7, 11) is 3.43. The topological polar surface area (TPSA) is 12.5 Å². The molecule has 1 heterocycles. The number of rotatable bonds is 1. The zero-order valence-electron chi connectivity index (χ0n) is 6.56. The van der Waals surface area contributed by atoms with Gasteiger partial charge in [0, 0.05) is 33.0 Å². The Morgan fingerprint density at radius 3 is 2.30 bits per heavy atom. The van der Waals surface area contributed by atoms with Gasteiger partial charge in [-0.15, -0.1) is 0 Å². The monoisotopic (exact) mass is 147 g/mol. The van der Waals surface area contributed by atoms with Crippen molar-refractivity contribution in [1.29, 1.82) is 0 Å². The first-order valence-electron chi connectivity index (χ1n) is 3.59. The molecule has 0 saturated carbocycles. The van der Waals surface area contributed by atoms with Gasteiger partial charge in [0.05, 0.1) is 0 Å². The Labute approximate surface area is 61.0 Å². The first-order valence-corrected chi connectivity index (χ1v) is 3.59. The van der Waals surface area contributed by atoms with E-state index >= 15 is 0 Å². The molecule has 1 aliphatic heterocycles. The summed E-state index contributed by atoms with van der Waals surface area (Å²) in [6, 6.07) is 0. The van der Waals surface area contributed by atoms with Gasteiger partial charge in [0.25, 0.3) is 0 Å². The second-order valence-corrected chi connectivity index (χ2v) is 2.89. The van der Waals surface area contributed by atoms with Crippen LogP contribution in [0.15, 0.2) is 0 Å². The molecule has 1 rings (SSSR count). The molecule has 0 amide bonds. The molecule has 10 heavy (non-hydrogen) atoms. The Balaban J connectivity index is 2.38. The van der Waals surface area contributed by atoms with E-state index in [1.807, 2.05) is 7.05 Å². The van der Waals surface area contributed by atoms with Gasteiger partial charge in [0.2, 0.25) is 5.85 Å². The highest BCUT2D eigenvalue weighted by molar-refractivity contribution is 4.76. The number of hydrogen-bond donors (Lipinski definition) is 0. The number of methoxy groups -OCH3 is 1. The lowest BCUT2D eigenvalue weighted by Gasteiger charge is -2.32. The van der Waals surface area contributed by atoms with Crippen LogP contribution in [-0.2, 0) is 4.74 Å². The van der Waals surface area contributed by atoms with Crippen LogP contribution in [0.25, 0.3) is 0 Å². The van der Waals surface area contributed by atoms with E-state index in [1.165, 1.54) is 7.11 Å². The maximum absolute atomic E-state index is 13.2. The van der Waals surface area contributed by atoms with Crippen molar-refractivity contribution in [1.82, 2.24) is 4.90 Å². The maximum atomic E-state index is 13.2. The first-order chi connectivity index (χ1) is 4.66. The van der Waals surface area contributed by atoms with E-state index in [2.05, 4.69) is 4.90 Å². The number of halogens is 1. The van der Waals surface area contributed by atoms with Gasteiger partial charge >= 0.3 is 0 Å². The summed E-state index contributed by atoms with van der Waals surface area (Å²) in [5.41, 5.74) is 0. The minimum absolute atomic E-state index is 0.500. The Bertz CT molecular complexity index is 110. The van der Waals surface area contributed by atoms with Gasteiger partial charge in [-0.25, -0.2) is 4.39 Å². The zero-order valence-corrected chi connectivity index (χ0v) is 6.56. The largest absolute Gasteiger partial charge is 0.349 e. The predicted octanol–water partition coefficient (Wildman–Crippen LogP) is 1.02. The second kappa shape index (κ2) is 2.84. The van der Waals surface area contributed by atoms with Gasteiger partial charge in [-0.05, 0) is 7.05 Å².